The molecule has 6 nitrogen and oxygen atoms in total. The Morgan fingerprint density at radius 2 is 2.10 bits per heavy atom. The number of para-hydroxylation sites is 1. The molecule has 2 amide bonds. The molecule has 0 aliphatic carbocycles. The Morgan fingerprint density at radius 1 is 1.38 bits per heavy atom. The number of nitrogens with one attached hydrogen (secondary N) is 2. The van der Waals surface area contributed by atoms with Gasteiger partial charge in [-0.05, 0) is 28.1 Å². The van der Waals surface area contributed by atoms with E-state index >= 15 is 0 Å². The number of alkyl halides is 2. The van der Waals surface area contributed by atoms with E-state index in [9.17, 15) is 18.4 Å². The van der Waals surface area contributed by atoms with Crippen LogP contribution in [0.25, 0.3) is 0 Å². The number of carbonyl (C=O) groups excluding carboxylic acids is 1. The minimum Gasteiger partial charge on any atom is -0.478 e. The topological polar surface area (TPSA) is 87.7 Å². The lowest BCUT2D eigenvalue weighted by atomic mass is 10.2. The zero-order valence-electron chi connectivity index (χ0n) is 10.7. The standard InChI is InChI=1S/C12H13BrF2N2O4/c13-8-3-1-2-7(11(18)19)10(8)17-12(20)16-4-5-21-6-9(14)15/h1-3,9H,4-6H2,(H,18,19)(H2,16,17,20). The van der Waals surface area contributed by atoms with Gasteiger partial charge in [-0.1, -0.05) is 6.07 Å². The zero-order valence-corrected chi connectivity index (χ0v) is 12.3. The van der Waals surface area contributed by atoms with Crippen LogP contribution in [0.3, 0.4) is 0 Å². The summed E-state index contributed by atoms with van der Waals surface area (Å²) in [6.07, 6.45) is -2.56. The fourth-order valence-corrected chi connectivity index (χ4v) is 1.86. The molecule has 0 saturated heterocycles. The molecular weight excluding hydrogens is 354 g/mol. The number of hydrogen-bond acceptors (Lipinski definition) is 3. The maximum atomic E-state index is 11.8. The lowest BCUT2D eigenvalue weighted by Crippen LogP contribution is -2.32. The maximum Gasteiger partial charge on any atom is 0.337 e. The number of rotatable bonds is 7. The van der Waals surface area contributed by atoms with Gasteiger partial charge < -0.3 is 20.5 Å². The Morgan fingerprint density at radius 3 is 2.71 bits per heavy atom. The van der Waals surface area contributed by atoms with Crippen molar-refractivity contribution in [2.75, 3.05) is 25.1 Å². The number of ether oxygens (including phenoxy) is 1. The number of aromatic carboxylic acids is 1. The molecule has 1 aromatic carbocycles. The highest BCUT2D eigenvalue weighted by atomic mass is 79.9. The first-order valence-corrected chi connectivity index (χ1v) is 6.63. The number of amides is 2. The lowest BCUT2D eigenvalue weighted by molar-refractivity contribution is 0.0194. The second-order valence-electron chi connectivity index (χ2n) is 3.81. The number of anilines is 1. The molecule has 9 heteroatoms. The van der Waals surface area contributed by atoms with Crippen LogP contribution in [0.1, 0.15) is 10.4 Å². The predicted octanol–water partition coefficient (Wildman–Crippen LogP) is 2.55. The SMILES string of the molecule is O=C(NCCOCC(F)F)Nc1c(Br)cccc1C(=O)O. The molecule has 0 bridgehead atoms. The molecule has 0 spiro atoms. The third-order valence-corrected chi connectivity index (χ3v) is 2.92. The molecule has 21 heavy (non-hydrogen) atoms. The third-order valence-electron chi connectivity index (χ3n) is 2.26. The van der Waals surface area contributed by atoms with Crippen molar-refractivity contribution in [1.82, 2.24) is 5.32 Å². The highest BCUT2D eigenvalue weighted by Crippen LogP contribution is 2.26. The summed E-state index contributed by atoms with van der Waals surface area (Å²) in [5.74, 6) is -1.19. The summed E-state index contributed by atoms with van der Waals surface area (Å²) in [6, 6.07) is 3.78. The molecule has 0 aromatic heterocycles. The minimum absolute atomic E-state index is 0.0193. The minimum atomic E-state index is -2.56. The maximum absolute atomic E-state index is 11.8. The highest BCUT2D eigenvalue weighted by molar-refractivity contribution is 9.10. The molecule has 0 aliphatic rings. The molecule has 1 aromatic rings. The summed E-state index contributed by atoms with van der Waals surface area (Å²) in [5, 5.41) is 13.8. The Kier molecular flexibility index (Phi) is 7.03. The summed E-state index contributed by atoms with van der Waals surface area (Å²) in [5.41, 5.74) is 0.0319. The Labute approximate surface area is 127 Å². The number of halogens is 3. The Bertz CT molecular complexity index is 514. The molecule has 3 N–H and O–H groups in total. The van der Waals surface area contributed by atoms with Crippen molar-refractivity contribution in [2.45, 2.75) is 6.43 Å². The predicted molar refractivity (Wildman–Crippen MR) is 74.9 cm³/mol. The average Bonchev–Trinajstić information content (AvgIpc) is 2.40. The summed E-state index contributed by atoms with van der Waals surface area (Å²) in [7, 11) is 0. The van der Waals surface area contributed by atoms with E-state index < -0.39 is 25.0 Å². The van der Waals surface area contributed by atoms with Crippen molar-refractivity contribution >= 4 is 33.6 Å². The summed E-state index contributed by atoms with van der Waals surface area (Å²) in [4.78, 5) is 22.6. The number of carboxylic acid groups (broad SMARTS) is 1. The second-order valence-corrected chi connectivity index (χ2v) is 4.67. The number of carbonyl (C=O) groups is 2. The Hall–Kier alpha value is -1.74. The van der Waals surface area contributed by atoms with E-state index in [0.717, 1.165) is 0 Å². The van der Waals surface area contributed by atoms with Gasteiger partial charge in [0.25, 0.3) is 6.43 Å². The van der Waals surface area contributed by atoms with Crippen LogP contribution in [0.4, 0.5) is 19.3 Å². The van der Waals surface area contributed by atoms with Gasteiger partial charge in [0.15, 0.2) is 0 Å². The summed E-state index contributed by atoms with van der Waals surface area (Å²) >= 11 is 3.14. The molecule has 0 heterocycles. The number of hydrogen-bond donors (Lipinski definition) is 3. The van der Waals surface area contributed by atoms with Crippen LogP contribution in [-0.4, -0.2) is 43.3 Å². The van der Waals surface area contributed by atoms with Crippen LogP contribution < -0.4 is 10.6 Å². The van der Waals surface area contributed by atoms with E-state index in [1.165, 1.54) is 12.1 Å². The van der Waals surface area contributed by atoms with Crippen molar-refractivity contribution in [3.63, 3.8) is 0 Å². The molecule has 116 valence electrons. The van der Waals surface area contributed by atoms with Crippen LogP contribution in [0, 0.1) is 0 Å². The monoisotopic (exact) mass is 366 g/mol. The normalized spacial score (nSPS) is 10.5. The van der Waals surface area contributed by atoms with Crippen LogP contribution in [0.2, 0.25) is 0 Å². The Balaban J connectivity index is 2.50. The summed E-state index contributed by atoms with van der Waals surface area (Å²) in [6.45, 7) is -0.748. The first-order chi connectivity index (χ1) is 9.91. The molecule has 1 rings (SSSR count). The van der Waals surface area contributed by atoms with E-state index in [-0.39, 0.29) is 24.4 Å². The van der Waals surface area contributed by atoms with Crippen LogP contribution in [0.15, 0.2) is 22.7 Å². The largest absolute Gasteiger partial charge is 0.478 e. The van der Waals surface area contributed by atoms with Gasteiger partial charge in [-0.15, -0.1) is 0 Å². The van der Waals surface area contributed by atoms with Gasteiger partial charge in [0.05, 0.1) is 17.9 Å². The smallest absolute Gasteiger partial charge is 0.337 e. The molecule has 0 atom stereocenters. The molecule has 0 aliphatic heterocycles. The fraction of sp³-hybridized carbons (Fsp3) is 0.333. The van der Waals surface area contributed by atoms with Crippen molar-refractivity contribution in [3.8, 4) is 0 Å². The zero-order chi connectivity index (χ0) is 15.8. The van der Waals surface area contributed by atoms with Crippen molar-refractivity contribution in [1.29, 1.82) is 0 Å². The number of carboxylic acids is 1. The fourth-order valence-electron chi connectivity index (χ4n) is 1.40. The quantitative estimate of drug-likeness (QED) is 0.647. The van der Waals surface area contributed by atoms with Gasteiger partial charge in [-0.25, -0.2) is 18.4 Å². The van der Waals surface area contributed by atoms with Crippen LogP contribution >= 0.6 is 15.9 Å². The highest BCUT2D eigenvalue weighted by Gasteiger charge is 2.14. The van der Waals surface area contributed by atoms with E-state index in [1.54, 1.807) is 6.07 Å². The second kappa shape index (κ2) is 8.53. The van der Waals surface area contributed by atoms with Gasteiger partial charge in [0, 0.05) is 11.0 Å². The van der Waals surface area contributed by atoms with Crippen molar-refractivity contribution in [2.24, 2.45) is 0 Å². The number of benzene rings is 1. The first-order valence-electron chi connectivity index (χ1n) is 5.84. The van der Waals surface area contributed by atoms with E-state index in [4.69, 9.17) is 5.11 Å². The third kappa shape index (κ3) is 6.05. The molecular formula is C12H13BrF2N2O4. The van der Waals surface area contributed by atoms with Crippen molar-refractivity contribution in [3.05, 3.63) is 28.2 Å². The van der Waals surface area contributed by atoms with Gasteiger partial charge in [0.2, 0.25) is 0 Å². The lowest BCUT2D eigenvalue weighted by Gasteiger charge is -2.11. The van der Waals surface area contributed by atoms with Crippen LogP contribution in [0.5, 0.6) is 0 Å². The van der Waals surface area contributed by atoms with Gasteiger partial charge >= 0.3 is 12.0 Å². The summed E-state index contributed by atoms with van der Waals surface area (Å²) < 4.78 is 28.6. The van der Waals surface area contributed by atoms with Crippen LogP contribution in [-0.2, 0) is 4.74 Å². The van der Waals surface area contributed by atoms with E-state index in [1.807, 2.05) is 0 Å². The van der Waals surface area contributed by atoms with Gasteiger partial charge in [-0.3, -0.25) is 0 Å². The molecule has 0 unspecified atom stereocenters. The first kappa shape index (κ1) is 17.3. The van der Waals surface area contributed by atoms with Crippen molar-refractivity contribution < 1.29 is 28.2 Å². The van der Waals surface area contributed by atoms with Gasteiger partial charge in [0.1, 0.15) is 6.61 Å². The average molecular weight is 367 g/mol. The molecule has 0 fully saturated rings. The molecule has 0 radical (unpaired) electrons. The number of urea groups is 1. The van der Waals surface area contributed by atoms with Gasteiger partial charge in [-0.2, -0.15) is 0 Å². The molecule has 0 saturated carbocycles. The van der Waals surface area contributed by atoms with E-state index in [2.05, 4.69) is 31.3 Å². The van der Waals surface area contributed by atoms with E-state index in [0.29, 0.717) is 4.47 Å².